The van der Waals surface area contributed by atoms with Crippen LogP contribution in [0.3, 0.4) is 0 Å². The lowest BCUT2D eigenvalue weighted by Crippen LogP contribution is -2.48. The maximum absolute atomic E-state index is 11.7. The van der Waals surface area contributed by atoms with Gasteiger partial charge >= 0.3 is 0 Å². The third-order valence-corrected chi connectivity index (χ3v) is 3.23. The molecule has 0 saturated carbocycles. The first-order valence-corrected chi connectivity index (χ1v) is 5.93. The second-order valence-corrected chi connectivity index (χ2v) is 4.58. The van der Waals surface area contributed by atoms with Crippen LogP contribution in [0.15, 0.2) is 24.3 Å². The van der Waals surface area contributed by atoms with Gasteiger partial charge in [0.1, 0.15) is 0 Å². The van der Waals surface area contributed by atoms with E-state index in [1.807, 2.05) is 38.2 Å². The first kappa shape index (κ1) is 11.9. The van der Waals surface area contributed by atoms with Gasteiger partial charge in [0.2, 0.25) is 5.91 Å². The summed E-state index contributed by atoms with van der Waals surface area (Å²) >= 11 is 0. The van der Waals surface area contributed by atoms with Crippen molar-refractivity contribution in [2.24, 2.45) is 5.73 Å². The first-order valence-electron chi connectivity index (χ1n) is 5.93. The fourth-order valence-corrected chi connectivity index (χ4v) is 2.12. The molecule has 4 heteroatoms. The summed E-state index contributed by atoms with van der Waals surface area (Å²) < 4.78 is 0. The Labute approximate surface area is 102 Å². The summed E-state index contributed by atoms with van der Waals surface area (Å²) in [6.45, 7) is 4.05. The Balaban J connectivity index is 2.25. The number of hydrogen-bond donors (Lipinski definition) is 1. The number of piperazine rings is 1. The highest BCUT2D eigenvalue weighted by Gasteiger charge is 2.23. The Morgan fingerprint density at radius 2 is 2.00 bits per heavy atom. The van der Waals surface area contributed by atoms with Crippen molar-refractivity contribution in [3.63, 3.8) is 0 Å². The maximum Gasteiger partial charge on any atom is 0.241 e. The summed E-state index contributed by atoms with van der Waals surface area (Å²) in [6.07, 6.45) is 0. The molecule has 1 aliphatic heterocycles. The Morgan fingerprint density at radius 3 is 2.65 bits per heavy atom. The molecule has 0 spiro atoms. The highest BCUT2D eigenvalue weighted by molar-refractivity contribution is 5.83. The highest BCUT2D eigenvalue weighted by atomic mass is 16.2. The molecule has 1 aromatic carbocycles. The Kier molecular flexibility index (Phi) is 3.33. The van der Waals surface area contributed by atoms with Crippen molar-refractivity contribution < 1.29 is 4.79 Å². The summed E-state index contributed by atoms with van der Waals surface area (Å²) in [5.74, 6) is 0.163. The van der Waals surface area contributed by atoms with Gasteiger partial charge in [0, 0.05) is 31.9 Å². The van der Waals surface area contributed by atoms with Crippen LogP contribution in [0.5, 0.6) is 0 Å². The standard InChI is InChI=1S/C13H19N3O/c1-10(14)11-5-3-4-6-12(11)16-8-7-15(2)13(17)9-16/h3-6,10H,7-9,14H2,1-2H3/t10-/m0/s1. The third kappa shape index (κ3) is 2.42. The second kappa shape index (κ2) is 4.75. The molecule has 1 heterocycles. The van der Waals surface area contributed by atoms with Gasteiger partial charge < -0.3 is 15.5 Å². The predicted molar refractivity (Wildman–Crippen MR) is 68.9 cm³/mol. The highest BCUT2D eigenvalue weighted by Crippen LogP contribution is 2.25. The van der Waals surface area contributed by atoms with Crippen LogP contribution in [-0.4, -0.2) is 37.5 Å². The van der Waals surface area contributed by atoms with E-state index in [0.717, 1.165) is 24.3 Å². The van der Waals surface area contributed by atoms with Crippen molar-refractivity contribution in [1.82, 2.24) is 4.90 Å². The smallest absolute Gasteiger partial charge is 0.241 e. The number of para-hydroxylation sites is 1. The van der Waals surface area contributed by atoms with Crippen LogP contribution in [-0.2, 0) is 4.79 Å². The number of benzene rings is 1. The van der Waals surface area contributed by atoms with Crippen LogP contribution in [0, 0.1) is 0 Å². The van der Waals surface area contributed by atoms with Crippen LogP contribution in [0.4, 0.5) is 5.69 Å². The lowest BCUT2D eigenvalue weighted by Gasteiger charge is -2.35. The molecule has 2 rings (SSSR count). The Hall–Kier alpha value is -1.55. The monoisotopic (exact) mass is 233 g/mol. The maximum atomic E-state index is 11.7. The van der Waals surface area contributed by atoms with Crippen molar-refractivity contribution >= 4 is 11.6 Å². The minimum absolute atomic E-state index is 0.0130. The molecule has 1 amide bonds. The molecule has 1 aliphatic rings. The third-order valence-electron chi connectivity index (χ3n) is 3.23. The van der Waals surface area contributed by atoms with E-state index in [0.29, 0.717) is 6.54 Å². The molecule has 1 aromatic rings. The van der Waals surface area contributed by atoms with Crippen LogP contribution < -0.4 is 10.6 Å². The molecule has 0 aliphatic carbocycles. The van der Waals surface area contributed by atoms with Crippen molar-refractivity contribution in [1.29, 1.82) is 0 Å². The van der Waals surface area contributed by atoms with E-state index in [1.54, 1.807) is 4.90 Å². The molecule has 17 heavy (non-hydrogen) atoms. The van der Waals surface area contributed by atoms with Gasteiger partial charge in [0.25, 0.3) is 0 Å². The molecular formula is C13H19N3O. The molecule has 4 nitrogen and oxygen atoms in total. The number of likely N-dealkylation sites (N-methyl/N-ethyl adjacent to an activating group) is 1. The number of rotatable bonds is 2. The molecule has 0 aromatic heterocycles. The first-order chi connectivity index (χ1) is 8.09. The summed E-state index contributed by atoms with van der Waals surface area (Å²) in [7, 11) is 1.84. The number of carbonyl (C=O) groups is 1. The van der Waals surface area contributed by atoms with E-state index < -0.39 is 0 Å². The zero-order valence-corrected chi connectivity index (χ0v) is 10.4. The fourth-order valence-electron chi connectivity index (χ4n) is 2.12. The average molecular weight is 233 g/mol. The number of anilines is 1. The molecule has 0 radical (unpaired) electrons. The van der Waals surface area contributed by atoms with Crippen LogP contribution >= 0.6 is 0 Å². The Morgan fingerprint density at radius 1 is 1.29 bits per heavy atom. The number of nitrogens with zero attached hydrogens (tertiary/aromatic N) is 2. The van der Waals surface area contributed by atoms with Gasteiger partial charge in [-0.2, -0.15) is 0 Å². The fraction of sp³-hybridized carbons (Fsp3) is 0.462. The van der Waals surface area contributed by atoms with E-state index in [4.69, 9.17) is 5.73 Å². The zero-order chi connectivity index (χ0) is 12.4. The summed E-state index contributed by atoms with van der Waals surface area (Å²) in [5, 5.41) is 0. The molecular weight excluding hydrogens is 214 g/mol. The van der Waals surface area contributed by atoms with E-state index in [-0.39, 0.29) is 11.9 Å². The quantitative estimate of drug-likeness (QED) is 0.828. The van der Waals surface area contributed by atoms with Gasteiger partial charge in [-0.1, -0.05) is 18.2 Å². The van der Waals surface area contributed by atoms with E-state index in [9.17, 15) is 4.79 Å². The normalized spacial score (nSPS) is 18.4. The molecule has 1 saturated heterocycles. The van der Waals surface area contributed by atoms with Crippen LogP contribution in [0.2, 0.25) is 0 Å². The SMILES string of the molecule is C[C@H](N)c1ccccc1N1CCN(C)C(=O)C1. The van der Waals surface area contributed by atoms with Gasteiger partial charge in [-0.3, -0.25) is 4.79 Å². The van der Waals surface area contributed by atoms with E-state index >= 15 is 0 Å². The van der Waals surface area contributed by atoms with Gasteiger partial charge in [0.05, 0.1) is 6.54 Å². The van der Waals surface area contributed by atoms with Crippen molar-refractivity contribution in [3.8, 4) is 0 Å². The molecule has 0 unspecified atom stereocenters. The summed E-state index contributed by atoms with van der Waals surface area (Å²) in [6, 6.07) is 8.03. The van der Waals surface area contributed by atoms with Crippen molar-refractivity contribution in [2.75, 3.05) is 31.6 Å². The molecule has 0 bridgehead atoms. The minimum Gasteiger partial charge on any atom is -0.360 e. The zero-order valence-electron chi connectivity index (χ0n) is 10.4. The van der Waals surface area contributed by atoms with Crippen molar-refractivity contribution in [3.05, 3.63) is 29.8 Å². The lowest BCUT2D eigenvalue weighted by atomic mass is 10.1. The summed E-state index contributed by atoms with van der Waals surface area (Å²) in [4.78, 5) is 15.6. The van der Waals surface area contributed by atoms with E-state index in [2.05, 4.69) is 4.90 Å². The topological polar surface area (TPSA) is 49.6 Å². The van der Waals surface area contributed by atoms with Gasteiger partial charge in [-0.15, -0.1) is 0 Å². The average Bonchev–Trinajstić information content (AvgIpc) is 2.32. The molecule has 1 fully saturated rings. The lowest BCUT2D eigenvalue weighted by molar-refractivity contribution is -0.129. The molecule has 2 N–H and O–H groups in total. The van der Waals surface area contributed by atoms with E-state index in [1.165, 1.54) is 0 Å². The summed E-state index contributed by atoms with van der Waals surface area (Å²) in [5.41, 5.74) is 8.15. The van der Waals surface area contributed by atoms with Crippen LogP contribution in [0.25, 0.3) is 0 Å². The largest absolute Gasteiger partial charge is 0.360 e. The van der Waals surface area contributed by atoms with Gasteiger partial charge in [-0.05, 0) is 18.6 Å². The molecule has 1 atom stereocenters. The van der Waals surface area contributed by atoms with Crippen molar-refractivity contribution in [2.45, 2.75) is 13.0 Å². The predicted octanol–water partition coefficient (Wildman–Crippen LogP) is 0.985. The number of amides is 1. The number of nitrogens with two attached hydrogens (primary N) is 1. The van der Waals surface area contributed by atoms with Crippen LogP contribution in [0.1, 0.15) is 18.5 Å². The minimum atomic E-state index is -0.0130. The van der Waals surface area contributed by atoms with Gasteiger partial charge in [-0.25, -0.2) is 0 Å². The number of carbonyl (C=O) groups excluding carboxylic acids is 1. The second-order valence-electron chi connectivity index (χ2n) is 4.58. The number of hydrogen-bond acceptors (Lipinski definition) is 3. The Bertz CT molecular complexity index is 417. The van der Waals surface area contributed by atoms with Gasteiger partial charge in [0.15, 0.2) is 0 Å². The molecule has 92 valence electrons.